The molecule has 0 aromatic heterocycles. The minimum atomic E-state index is -5.08. The molecular weight excluding hydrogens is 387 g/mol. The van der Waals surface area contributed by atoms with Gasteiger partial charge in [0.25, 0.3) is 0 Å². The van der Waals surface area contributed by atoms with E-state index in [-0.39, 0.29) is 11.3 Å². The lowest BCUT2D eigenvalue weighted by molar-refractivity contribution is -0.192. The summed E-state index contributed by atoms with van der Waals surface area (Å²) in [4.78, 5) is 25.9. The lowest BCUT2D eigenvalue weighted by atomic mass is 9.86. The summed E-state index contributed by atoms with van der Waals surface area (Å²) >= 11 is 0. The van der Waals surface area contributed by atoms with E-state index in [1.807, 2.05) is 17.0 Å². The number of rotatable bonds is 3. The fraction of sp³-hybridized carbons (Fsp3) is 0.550. The van der Waals surface area contributed by atoms with Gasteiger partial charge in [-0.1, -0.05) is 0 Å². The molecule has 1 aromatic carbocycles. The molecule has 1 amide bonds. The number of amides is 1. The van der Waals surface area contributed by atoms with Crippen molar-refractivity contribution in [2.75, 3.05) is 31.1 Å². The first-order chi connectivity index (χ1) is 13.6. The van der Waals surface area contributed by atoms with Crippen molar-refractivity contribution in [1.82, 2.24) is 4.90 Å². The summed E-state index contributed by atoms with van der Waals surface area (Å²) in [5.41, 5.74) is 1.72. The average Bonchev–Trinajstić information content (AvgIpc) is 3.30. The molecule has 6 nitrogen and oxygen atoms in total. The van der Waals surface area contributed by atoms with Crippen LogP contribution in [-0.4, -0.2) is 54.2 Å². The van der Waals surface area contributed by atoms with Crippen molar-refractivity contribution in [3.8, 4) is 6.07 Å². The maximum absolute atomic E-state index is 12.5. The molecule has 1 saturated carbocycles. The fourth-order valence-electron chi connectivity index (χ4n) is 3.97. The average molecular weight is 409 g/mol. The number of nitrogens with zero attached hydrogens (tertiary/aromatic N) is 3. The number of carbonyl (C=O) groups excluding carboxylic acids is 1. The summed E-state index contributed by atoms with van der Waals surface area (Å²) in [6.07, 6.45) is -0.494. The highest BCUT2D eigenvalue weighted by atomic mass is 19.4. The molecule has 2 heterocycles. The summed E-state index contributed by atoms with van der Waals surface area (Å²) in [6, 6.07) is 9.50. The van der Waals surface area contributed by atoms with Crippen LogP contribution in [0.4, 0.5) is 18.9 Å². The second-order valence-corrected chi connectivity index (χ2v) is 8.05. The van der Waals surface area contributed by atoms with Gasteiger partial charge in [-0.3, -0.25) is 4.79 Å². The summed E-state index contributed by atoms with van der Waals surface area (Å²) in [7, 11) is 0. The van der Waals surface area contributed by atoms with E-state index in [9.17, 15) is 18.0 Å². The zero-order valence-electron chi connectivity index (χ0n) is 15.8. The van der Waals surface area contributed by atoms with Gasteiger partial charge in [0.1, 0.15) is 0 Å². The molecule has 1 atom stereocenters. The Morgan fingerprint density at radius 3 is 2.38 bits per heavy atom. The summed E-state index contributed by atoms with van der Waals surface area (Å²) in [5.74, 6) is -1.60. The Balaban J connectivity index is 0.000000298. The van der Waals surface area contributed by atoms with Crippen LogP contribution in [0.2, 0.25) is 0 Å². The quantitative estimate of drug-likeness (QED) is 0.830. The first kappa shape index (κ1) is 21.1. The Morgan fingerprint density at radius 2 is 1.86 bits per heavy atom. The molecule has 9 heteroatoms. The molecule has 0 radical (unpaired) electrons. The normalized spacial score (nSPS) is 24.3. The zero-order valence-corrected chi connectivity index (χ0v) is 15.8. The number of anilines is 1. The van der Waals surface area contributed by atoms with Crippen LogP contribution in [0.15, 0.2) is 24.3 Å². The summed E-state index contributed by atoms with van der Waals surface area (Å²) in [5, 5.41) is 16.0. The van der Waals surface area contributed by atoms with Gasteiger partial charge in [0.05, 0.1) is 11.6 Å². The molecule has 3 fully saturated rings. The van der Waals surface area contributed by atoms with Crippen LogP contribution in [0.1, 0.15) is 31.2 Å². The van der Waals surface area contributed by atoms with Crippen LogP contribution in [0.25, 0.3) is 0 Å². The third-order valence-corrected chi connectivity index (χ3v) is 5.60. The van der Waals surface area contributed by atoms with Crippen LogP contribution < -0.4 is 4.90 Å². The Labute approximate surface area is 166 Å². The molecule has 1 spiro atoms. The van der Waals surface area contributed by atoms with Crippen molar-refractivity contribution in [3.05, 3.63) is 29.8 Å². The van der Waals surface area contributed by atoms with Crippen molar-refractivity contribution in [3.63, 3.8) is 0 Å². The fourth-order valence-corrected chi connectivity index (χ4v) is 3.97. The topological polar surface area (TPSA) is 84.6 Å². The van der Waals surface area contributed by atoms with E-state index < -0.39 is 12.1 Å². The van der Waals surface area contributed by atoms with Crippen molar-refractivity contribution in [1.29, 1.82) is 5.26 Å². The number of aliphatic carboxylic acids is 1. The molecule has 1 aliphatic carbocycles. The van der Waals surface area contributed by atoms with E-state index in [4.69, 9.17) is 15.2 Å². The highest BCUT2D eigenvalue weighted by Gasteiger charge is 2.48. The van der Waals surface area contributed by atoms with Gasteiger partial charge in [-0.05, 0) is 56.0 Å². The Hall–Kier alpha value is -2.60. The number of nitriles is 1. The van der Waals surface area contributed by atoms with E-state index in [1.54, 1.807) is 12.1 Å². The maximum atomic E-state index is 12.5. The standard InChI is InChI=1S/C18H21N3O.C2HF3O2/c19-10-14-3-5-16(6-4-14)21-13-18(9-17(21)22)7-8-20(12-18)11-15-1-2-15;3-2(4,5)1(6)7/h3-6,15H,1-2,7-9,11-13H2;(H,6,7). The highest BCUT2D eigenvalue weighted by molar-refractivity contribution is 5.96. The Kier molecular flexibility index (Phi) is 5.85. The number of carbonyl (C=O) groups is 2. The van der Waals surface area contributed by atoms with Crippen molar-refractivity contribution < 1.29 is 27.9 Å². The van der Waals surface area contributed by atoms with Crippen molar-refractivity contribution in [2.45, 2.75) is 31.9 Å². The molecular formula is C20H22F3N3O3. The predicted octanol–water partition coefficient (Wildman–Crippen LogP) is 3.03. The second-order valence-electron chi connectivity index (χ2n) is 8.05. The van der Waals surface area contributed by atoms with Crippen LogP contribution in [0.5, 0.6) is 0 Å². The first-order valence-electron chi connectivity index (χ1n) is 9.45. The number of carboxylic acids is 1. The van der Waals surface area contributed by atoms with Crippen LogP contribution in [0, 0.1) is 22.7 Å². The second kappa shape index (κ2) is 8.03. The SMILES string of the molecule is N#Cc1ccc(N2CC3(CCN(CC4CC4)C3)CC2=O)cc1.O=C(O)C(F)(F)F. The molecule has 156 valence electrons. The number of benzene rings is 1. The lowest BCUT2D eigenvalue weighted by Crippen LogP contribution is -2.32. The number of alkyl halides is 3. The van der Waals surface area contributed by atoms with E-state index in [2.05, 4.69) is 11.0 Å². The first-order valence-corrected chi connectivity index (χ1v) is 9.45. The zero-order chi connectivity index (χ0) is 21.2. The van der Waals surface area contributed by atoms with Gasteiger partial charge in [0.2, 0.25) is 5.91 Å². The molecule has 2 saturated heterocycles. The van der Waals surface area contributed by atoms with Gasteiger partial charge >= 0.3 is 12.1 Å². The monoisotopic (exact) mass is 409 g/mol. The maximum Gasteiger partial charge on any atom is 0.490 e. The van der Waals surface area contributed by atoms with E-state index >= 15 is 0 Å². The minimum absolute atomic E-state index is 0.153. The Morgan fingerprint density at radius 1 is 1.24 bits per heavy atom. The number of halogens is 3. The third kappa shape index (κ3) is 5.26. The molecule has 1 unspecified atom stereocenters. The predicted molar refractivity (Wildman–Crippen MR) is 98.0 cm³/mol. The van der Waals surface area contributed by atoms with Gasteiger partial charge in [-0.25, -0.2) is 4.79 Å². The molecule has 1 aromatic rings. The van der Waals surface area contributed by atoms with E-state index in [0.29, 0.717) is 12.0 Å². The van der Waals surface area contributed by atoms with Gasteiger partial charge in [-0.2, -0.15) is 18.4 Å². The van der Waals surface area contributed by atoms with Gasteiger partial charge in [-0.15, -0.1) is 0 Å². The third-order valence-electron chi connectivity index (χ3n) is 5.60. The van der Waals surface area contributed by atoms with Crippen LogP contribution >= 0.6 is 0 Å². The molecule has 2 aliphatic heterocycles. The van der Waals surface area contributed by atoms with E-state index in [0.717, 1.165) is 37.7 Å². The summed E-state index contributed by atoms with van der Waals surface area (Å²) in [6.45, 7) is 4.28. The van der Waals surface area contributed by atoms with Gasteiger partial charge < -0.3 is 14.9 Å². The van der Waals surface area contributed by atoms with Gasteiger partial charge in [0, 0.05) is 37.2 Å². The highest BCUT2D eigenvalue weighted by Crippen LogP contribution is 2.43. The lowest BCUT2D eigenvalue weighted by Gasteiger charge is -2.24. The smallest absolute Gasteiger partial charge is 0.475 e. The molecule has 0 bridgehead atoms. The number of hydrogen-bond donors (Lipinski definition) is 1. The largest absolute Gasteiger partial charge is 0.490 e. The van der Waals surface area contributed by atoms with Gasteiger partial charge in [0.15, 0.2) is 0 Å². The minimum Gasteiger partial charge on any atom is -0.475 e. The summed E-state index contributed by atoms with van der Waals surface area (Å²) < 4.78 is 31.7. The molecule has 4 rings (SSSR count). The molecule has 1 N–H and O–H groups in total. The van der Waals surface area contributed by atoms with Crippen molar-refractivity contribution in [2.24, 2.45) is 11.3 Å². The van der Waals surface area contributed by atoms with E-state index in [1.165, 1.54) is 19.4 Å². The van der Waals surface area contributed by atoms with Crippen LogP contribution in [-0.2, 0) is 9.59 Å². The van der Waals surface area contributed by atoms with Crippen molar-refractivity contribution >= 4 is 17.6 Å². The van der Waals surface area contributed by atoms with Crippen LogP contribution in [0.3, 0.4) is 0 Å². The Bertz CT molecular complexity index is 815. The number of likely N-dealkylation sites (tertiary alicyclic amines) is 1. The number of hydrogen-bond acceptors (Lipinski definition) is 4. The number of carboxylic acid groups (broad SMARTS) is 1. The molecule has 29 heavy (non-hydrogen) atoms. The molecule has 3 aliphatic rings.